The fraction of sp³-hybridized carbons (Fsp3) is 0.412. The number of aromatic nitrogens is 1. The van der Waals surface area contributed by atoms with Crippen LogP contribution in [0.1, 0.15) is 43.0 Å². The topological polar surface area (TPSA) is 42.0 Å². The maximum absolute atomic E-state index is 14.0. The van der Waals surface area contributed by atoms with Gasteiger partial charge in [0.25, 0.3) is 5.91 Å². The van der Waals surface area contributed by atoms with Crippen LogP contribution < -0.4 is 5.32 Å². The van der Waals surface area contributed by atoms with Gasteiger partial charge >= 0.3 is 0 Å². The van der Waals surface area contributed by atoms with Crippen molar-refractivity contribution in [3.05, 3.63) is 40.6 Å². The van der Waals surface area contributed by atoms with Gasteiger partial charge < -0.3 is 5.32 Å². The van der Waals surface area contributed by atoms with E-state index >= 15 is 0 Å². The number of fused-ring (bicyclic) bond motifs is 1. The Morgan fingerprint density at radius 1 is 1.26 bits per heavy atom. The van der Waals surface area contributed by atoms with Crippen LogP contribution in [-0.2, 0) is 0 Å². The van der Waals surface area contributed by atoms with Crippen molar-refractivity contribution in [2.45, 2.75) is 38.6 Å². The average Bonchev–Trinajstić information content (AvgIpc) is 2.49. The van der Waals surface area contributed by atoms with Gasteiger partial charge in [0.2, 0.25) is 0 Å². The molecule has 3 nitrogen and oxygen atoms in total. The second-order valence-electron chi connectivity index (χ2n) is 6.20. The SMILES string of the molecule is C[C@H]1CC[C@H](NC(=O)c2cnc3cc(F)cc(F)c3c2Cl)CC1. The molecule has 23 heavy (non-hydrogen) atoms. The van der Waals surface area contributed by atoms with E-state index in [1.165, 1.54) is 6.20 Å². The molecule has 0 atom stereocenters. The van der Waals surface area contributed by atoms with Crippen molar-refractivity contribution in [3.8, 4) is 0 Å². The first kappa shape index (κ1) is 16.1. The fourth-order valence-electron chi connectivity index (χ4n) is 3.03. The Hall–Kier alpha value is -1.75. The monoisotopic (exact) mass is 338 g/mol. The molecule has 0 bridgehead atoms. The lowest BCUT2D eigenvalue weighted by molar-refractivity contribution is 0.0923. The van der Waals surface area contributed by atoms with Gasteiger partial charge in [-0.15, -0.1) is 0 Å². The maximum Gasteiger partial charge on any atom is 0.254 e. The summed E-state index contributed by atoms with van der Waals surface area (Å²) in [6, 6.07) is 1.93. The van der Waals surface area contributed by atoms with Crippen LogP contribution in [0.15, 0.2) is 18.3 Å². The quantitative estimate of drug-likeness (QED) is 0.877. The molecule has 6 heteroatoms. The third kappa shape index (κ3) is 3.29. The minimum absolute atomic E-state index is 0.0296. The van der Waals surface area contributed by atoms with Crippen LogP contribution in [-0.4, -0.2) is 16.9 Å². The first-order valence-corrected chi connectivity index (χ1v) is 8.07. The summed E-state index contributed by atoms with van der Waals surface area (Å²) >= 11 is 6.17. The van der Waals surface area contributed by atoms with Gasteiger partial charge in [0, 0.05) is 24.4 Å². The van der Waals surface area contributed by atoms with E-state index in [1.807, 2.05) is 0 Å². The zero-order chi connectivity index (χ0) is 16.6. The number of nitrogens with zero attached hydrogens (tertiary/aromatic N) is 1. The summed E-state index contributed by atoms with van der Waals surface area (Å²) < 4.78 is 27.2. The lowest BCUT2D eigenvalue weighted by Crippen LogP contribution is -2.37. The highest BCUT2D eigenvalue weighted by atomic mass is 35.5. The van der Waals surface area contributed by atoms with Crippen molar-refractivity contribution >= 4 is 28.4 Å². The number of halogens is 3. The Morgan fingerprint density at radius 2 is 1.96 bits per heavy atom. The van der Waals surface area contributed by atoms with Crippen molar-refractivity contribution in [2.75, 3.05) is 0 Å². The van der Waals surface area contributed by atoms with Crippen molar-refractivity contribution in [2.24, 2.45) is 5.92 Å². The molecule has 1 N–H and O–H groups in total. The van der Waals surface area contributed by atoms with Gasteiger partial charge in [0.05, 0.1) is 21.5 Å². The Bertz CT molecular complexity index is 758. The summed E-state index contributed by atoms with van der Waals surface area (Å²) in [5, 5.41) is 2.87. The third-order valence-corrected chi connectivity index (χ3v) is 4.81. The molecule has 1 aliphatic rings. The summed E-state index contributed by atoms with van der Waals surface area (Å²) in [7, 11) is 0. The molecule has 1 fully saturated rings. The van der Waals surface area contributed by atoms with Gasteiger partial charge in [0.15, 0.2) is 0 Å². The minimum atomic E-state index is -0.821. The zero-order valence-electron chi connectivity index (χ0n) is 12.7. The molecule has 0 radical (unpaired) electrons. The van der Waals surface area contributed by atoms with Crippen LogP contribution in [0.4, 0.5) is 8.78 Å². The molecule has 1 saturated carbocycles. The Labute approximate surface area is 138 Å². The standard InChI is InChI=1S/C17H17ClF2N2O/c1-9-2-4-11(5-3-9)22-17(23)12-8-21-14-7-10(19)6-13(20)15(14)16(12)18/h6-9,11H,2-5H2,1H3,(H,22,23)/t9-,11-. The van der Waals surface area contributed by atoms with Gasteiger partial charge in [-0.25, -0.2) is 8.78 Å². The summed E-state index contributed by atoms with van der Waals surface area (Å²) in [6.07, 6.45) is 5.26. The van der Waals surface area contributed by atoms with Crippen LogP contribution in [0.2, 0.25) is 5.02 Å². The number of pyridine rings is 1. The molecule has 1 heterocycles. The van der Waals surface area contributed by atoms with Gasteiger partial charge in [-0.2, -0.15) is 0 Å². The highest BCUT2D eigenvalue weighted by Gasteiger charge is 2.23. The number of nitrogens with one attached hydrogen (secondary N) is 1. The number of carbonyl (C=O) groups is 1. The predicted octanol–water partition coefficient (Wildman–Crippen LogP) is 4.47. The van der Waals surface area contributed by atoms with Crippen molar-refractivity contribution in [1.82, 2.24) is 10.3 Å². The zero-order valence-corrected chi connectivity index (χ0v) is 13.5. The molecule has 2 aromatic rings. The van der Waals surface area contributed by atoms with E-state index in [0.717, 1.165) is 37.8 Å². The Morgan fingerprint density at radius 3 is 2.65 bits per heavy atom. The normalized spacial score (nSPS) is 21.4. The van der Waals surface area contributed by atoms with Gasteiger partial charge in [-0.3, -0.25) is 9.78 Å². The van der Waals surface area contributed by atoms with Crippen LogP contribution in [0, 0.1) is 17.6 Å². The van der Waals surface area contributed by atoms with Crippen molar-refractivity contribution in [3.63, 3.8) is 0 Å². The Kier molecular flexibility index (Phi) is 4.48. The van der Waals surface area contributed by atoms with Gasteiger partial charge in [0.1, 0.15) is 11.6 Å². The molecule has 0 spiro atoms. The smallest absolute Gasteiger partial charge is 0.254 e. The van der Waals surface area contributed by atoms with E-state index in [4.69, 9.17) is 11.6 Å². The molecule has 0 saturated heterocycles. The molecule has 122 valence electrons. The first-order chi connectivity index (χ1) is 11.0. The van der Waals surface area contributed by atoms with Crippen LogP contribution in [0.3, 0.4) is 0 Å². The highest BCUT2D eigenvalue weighted by Crippen LogP contribution is 2.29. The highest BCUT2D eigenvalue weighted by molar-refractivity contribution is 6.38. The van der Waals surface area contributed by atoms with Gasteiger partial charge in [-0.05, 0) is 31.6 Å². The van der Waals surface area contributed by atoms with E-state index in [2.05, 4.69) is 17.2 Å². The average molecular weight is 339 g/mol. The molecule has 1 aromatic carbocycles. The van der Waals surface area contributed by atoms with E-state index in [-0.39, 0.29) is 33.4 Å². The Balaban J connectivity index is 1.88. The molecule has 3 rings (SSSR count). The number of rotatable bonds is 2. The van der Waals surface area contributed by atoms with E-state index in [1.54, 1.807) is 0 Å². The summed E-state index contributed by atoms with van der Waals surface area (Å²) in [5.41, 5.74) is 0.207. The molecular weight excluding hydrogens is 322 g/mol. The minimum Gasteiger partial charge on any atom is -0.349 e. The van der Waals surface area contributed by atoms with E-state index in [0.29, 0.717) is 5.92 Å². The van der Waals surface area contributed by atoms with Gasteiger partial charge in [-0.1, -0.05) is 18.5 Å². The maximum atomic E-state index is 14.0. The first-order valence-electron chi connectivity index (χ1n) is 7.70. The second-order valence-corrected chi connectivity index (χ2v) is 6.58. The molecular formula is C17H17ClF2N2O. The van der Waals surface area contributed by atoms with Crippen LogP contribution >= 0.6 is 11.6 Å². The van der Waals surface area contributed by atoms with Crippen LogP contribution in [0.25, 0.3) is 10.9 Å². The fourth-order valence-corrected chi connectivity index (χ4v) is 3.35. The lowest BCUT2D eigenvalue weighted by atomic mass is 9.87. The van der Waals surface area contributed by atoms with Crippen molar-refractivity contribution in [1.29, 1.82) is 0 Å². The molecule has 0 aliphatic heterocycles. The third-order valence-electron chi connectivity index (χ3n) is 4.42. The largest absolute Gasteiger partial charge is 0.349 e. The van der Waals surface area contributed by atoms with E-state index < -0.39 is 11.6 Å². The summed E-state index contributed by atoms with van der Waals surface area (Å²) in [5.74, 6) is -1.24. The van der Waals surface area contributed by atoms with Crippen molar-refractivity contribution < 1.29 is 13.6 Å². The molecule has 1 aliphatic carbocycles. The number of hydrogen-bond donors (Lipinski definition) is 1. The number of hydrogen-bond acceptors (Lipinski definition) is 2. The van der Waals surface area contributed by atoms with E-state index in [9.17, 15) is 13.6 Å². The number of benzene rings is 1. The predicted molar refractivity (Wildman–Crippen MR) is 85.6 cm³/mol. The summed E-state index contributed by atoms with van der Waals surface area (Å²) in [4.78, 5) is 16.4. The molecule has 1 amide bonds. The number of amides is 1. The molecule has 1 aromatic heterocycles. The molecule has 0 unspecified atom stereocenters. The summed E-state index contributed by atoms with van der Waals surface area (Å²) in [6.45, 7) is 2.20. The lowest BCUT2D eigenvalue weighted by Gasteiger charge is -2.27. The second kappa shape index (κ2) is 6.40. The van der Waals surface area contributed by atoms with Crippen LogP contribution in [0.5, 0.6) is 0 Å². The number of carbonyl (C=O) groups excluding carboxylic acids is 1.